The summed E-state index contributed by atoms with van der Waals surface area (Å²) in [5.41, 5.74) is 0.373. The summed E-state index contributed by atoms with van der Waals surface area (Å²) in [4.78, 5) is 22.0. The van der Waals surface area contributed by atoms with Crippen molar-refractivity contribution in [2.24, 2.45) is 0 Å². The van der Waals surface area contributed by atoms with E-state index in [0.717, 1.165) is 0 Å². The van der Waals surface area contributed by atoms with Gasteiger partial charge in [0.15, 0.2) is 0 Å². The van der Waals surface area contributed by atoms with Gasteiger partial charge in [-0.1, -0.05) is 12.1 Å². The van der Waals surface area contributed by atoms with Crippen molar-refractivity contribution < 1.29 is 14.3 Å². The molecule has 80 valence electrons. The van der Waals surface area contributed by atoms with Gasteiger partial charge in [-0.2, -0.15) is 0 Å². The van der Waals surface area contributed by atoms with Crippen molar-refractivity contribution in [3.05, 3.63) is 29.8 Å². The number of halogens is 1. The summed E-state index contributed by atoms with van der Waals surface area (Å²) in [6.07, 6.45) is 0. The number of hydrogen-bond acceptors (Lipinski definition) is 3. The highest BCUT2D eigenvalue weighted by atomic mass is 35.5. The molecule has 0 unspecified atom stereocenters. The first-order valence-electron chi connectivity index (χ1n) is 4.24. The Kier molecular flexibility index (Phi) is 4.12. The van der Waals surface area contributed by atoms with Gasteiger partial charge in [0, 0.05) is 0 Å². The summed E-state index contributed by atoms with van der Waals surface area (Å²) in [5.74, 6) is 0.0680. The third-order valence-electron chi connectivity index (χ3n) is 1.74. The van der Waals surface area contributed by atoms with E-state index in [4.69, 9.17) is 16.3 Å². The molecule has 15 heavy (non-hydrogen) atoms. The highest BCUT2D eigenvalue weighted by Gasteiger charge is 2.11. The predicted octanol–water partition coefficient (Wildman–Crippen LogP) is 1.19. The second-order valence-corrected chi connectivity index (χ2v) is 3.16. The van der Waals surface area contributed by atoms with E-state index in [-0.39, 0.29) is 12.5 Å². The number of methoxy groups -OCH3 is 1. The third-order valence-corrected chi connectivity index (χ3v) is 1.87. The van der Waals surface area contributed by atoms with Crippen LogP contribution in [-0.4, -0.2) is 24.8 Å². The molecule has 1 aromatic rings. The summed E-state index contributed by atoms with van der Waals surface area (Å²) in [6.45, 7) is -0.196. The lowest BCUT2D eigenvalue weighted by Gasteiger charge is -2.07. The van der Waals surface area contributed by atoms with Crippen LogP contribution in [0.4, 0.5) is 0 Å². The van der Waals surface area contributed by atoms with E-state index < -0.39 is 5.24 Å². The van der Waals surface area contributed by atoms with E-state index >= 15 is 0 Å². The Labute approximate surface area is 92.2 Å². The summed E-state index contributed by atoms with van der Waals surface area (Å²) >= 11 is 5.10. The first kappa shape index (κ1) is 11.5. The quantitative estimate of drug-likeness (QED) is 0.787. The fourth-order valence-corrected chi connectivity index (χ4v) is 1.14. The molecule has 0 atom stereocenters. The lowest BCUT2D eigenvalue weighted by molar-refractivity contribution is -0.110. The number of rotatable bonds is 4. The maximum Gasteiger partial charge on any atom is 0.255 e. The van der Waals surface area contributed by atoms with Crippen LogP contribution in [0.25, 0.3) is 0 Å². The van der Waals surface area contributed by atoms with E-state index in [2.05, 4.69) is 5.32 Å². The third kappa shape index (κ3) is 3.25. The van der Waals surface area contributed by atoms with E-state index in [9.17, 15) is 9.59 Å². The Morgan fingerprint density at radius 3 is 2.67 bits per heavy atom. The van der Waals surface area contributed by atoms with E-state index in [0.29, 0.717) is 11.3 Å². The lowest BCUT2D eigenvalue weighted by Crippen LogP contribution is -2.27. The molecule has 1 aromatic carbocycles. The van der Waals surface area contributed by atoms with Crippen molar-refractivity contribution in [1.82, 2.24) is 5.32 Å². The molecule has 0 radical (unpaired) electrons. The molecular formula is C10H10ClNO3. The van der Waals surface area contributed by atoms with Gasteiger partial charge >= 0.3 is 0 Å². The molecule has 0 saturated heterocycles. The Morgan fingerprint density at radius 1 is 1.40 bits per heavy atom. The zero-order valence-corrected chi connectivity index (χ0v) is 8.88. The van der Waals surface area contributed by atoms with Gasteiger partial charge in [-0.25, -0.2) is 0 Å². The average molecular weight is 228 g/mol. The van der Waals surface area contributed by atoms with Crippen LogP contribution in [0.1, 0.15) is 10.4 Å². The second-order valence-electron chi connectivity index (χ2n) is 2.74. The van der Waals surface area contributed by atoms with Crippen LogP contribution >= 0.6 is 11.6 Å². The number of ether oxygens (including phenoxy) is 1. The van der Waals surface area contributed by atoms with Crippen LogP contribution in [0.15, 0.2) is 24.3 Å². The first-order chi connectivity index (χ1) is 7.15. The minimum absolute atomic E-state index is 0.196. The molecule has 0 aliphatic rings. The number of benzene rings is 1. The number of amides is 1. The zero-order chi connectivity index (χ0) is 11.3. The lowest BCUT2D eigenvalue weighted by atomic mass is 10.2. The SMILES string of the molecule is COc1ccccc1C(=O)NCC(=O)Cl. The standard InChI is InChI=1S/C10H10ClNO3/c1-15-8-5-3-2-4-7(8)10(14)12-6-9(11)13/h2-5H,6H2,1H3,(H,12,14). The van der Waals surface area contributed by atoms with Crippen molar-refractivity contribution >= 4 is 22.8 Å². The molecule has 1 amide bonds. The molecule has 0 spiro atoms. The molecule has 0 aliphatic heterocycles. The van der Waals surface area contributed by atoms with Crippen molar-refractivity contribution in [3.8, 4) is 5.75 Å². The van der Waals surface area contributed by atoms with Crippen molar-refractivity contribution in [2.75, 3.05) is 13.7 Å². The molecule has 5 heteroatoms. The van der Waals surface area contributed by atoms with Crippen molar-refractivity contribution in [3.63, 3.8) is 0 Å². The van der Waals surface area contributed by atoms with Crippen LogP contribution in [0.3, 0.4) is 0 Å². The second kappa shape index (κ2) is 5.36. The van der Waals surface area contributed by atoms with Crippen LogP contribution in [-0.2, 0) is 4.79 Å². The first-order valence-corrected chi connectivity index (χ1v) is 4.62. The molecule has 1 N–H and O–H groups in total. The van der Waals surface area contributed by atoms with Gasteiger partial charge in [-0.05, 0) is 23.7 Å². The van der Waals surface area contributed by atoms with Gasteiger partial charge in [-0.3, -0.25) is 9.59 Å². The topological polar surface area (TPSA) is 55.4 Å². The van der Waals surface area contributed by atoms with Crippen molar-refractivity contribution in [2.45, 2.75) is 0 Å². The monoisotopic (exact) mass is 227 g/mol. The molecule has 1 rings (SSSR count). The van der Waals surface area contributed by atoms with Gasteiger partial charge in [0.05, 0.1) is 19.2 Å². The fourth-order valence-electron chi connectivity index (χ4n) is 1.08. The molecule has 0 heterocycles. The number of carbonyl (C=O) groups is 2. The number of carbonyl (C=O) groups excluding carboxylic acids is 2. The largest absolute Gasteiger partial charge is 0.496 e. The van der Waals surface area contributed by atoms with E-state index in [1.807, 2.05) is 0 Å². The number of para-hydroxylation sites is 1. The Morgan fingerprint density at radius 2 is 2.07 bits per heavy atom. The Hall–Kier alpha value is -1.55. The Balaban J connectivity index is 2.77. The number of nitrogens with one attached hydrogen (secondary N) is 1. The van der Waals surface area contributed by atoms with Crippen LogP contribution in [0, 0.1) is 0 Å². The van der Waals surface area contributed by atoms with Gasteiger partial charge in [-0.15, -0.1) is 0 Å². The smallest absolute Gasteiger partial charge is 0.255 e. The van der Waals surface area contributed by atoms with Crippen LogP contribution < -0.4 is 10.1 Å². The highest BCUT2D eigenvalue weighted by molar-refractivity contribution is 6.64. The normalized spacial score (nSPS) is 9.47. The van der Waals surface area contributed by atoms with E-state index in [1.54, 1.807) is 24.3 Å². The highest BCUT2D eigenvalue weighted by Crippen LogP contribution is 2.16. The van der Waals surface area contributed by atoms with Gasteiger partial charge in [0.2, 0.25) is 5.24 Å². The van der Waals surface area contributed by atoms with Crippen molar-refractivity contribution in [1.29, 1.82) is 0 Å². The fraction of sp³-hybridized carbons (Fsp3) is 0.200. The molecule has 0 bridgehead atoms. The molecule has 0 fully saturated rings. The minimum Gasteiger partial charge on any atom is -0.496 e. The molecule has 0 aromatic heterocycles. The maximum absolute atomic E-state index is 11.5. The summed E-state index contributed by atoms with van der Waals surface area (Å²) in [7, 11) is 1.47. The number of hydrogen-bond donors (Lipinski definition) is 1. The van der Waals surface area contributed by atoms with Gasteiger partial charge < -0.3 is 10.1 Å². The Bertz CT molecular complexity index is 379. The summed E-state index contributed by atoms with van der Waals surface area (Å²) in [5, 5.41) is 1.76. The molecular weight excluding hydrogens is 218 g/mol. The summed E-state index contributed by atoms with van der Waals surface area (Å²) in [6, 6.07) is 6.73. The zero-order valence-electron chi connectivity index (χ0n) is 8.12. The maximum atomic E-state index is 11.5. The van der Waals surface area contributed by atoms with Gasteiger partial charge in [0.1, 0.15) is 5.75 Å². The minimum atomic E-state index is -0.613. The van der Waals surface area contributed by atoms with Gasteiger partial charge in [0.25, 0.3) is 5.91 Å². The molecule has 0 saturated carbocycles. The average Bonchev–Trinajstić information content (AvgIpc) is 2.25. The predicted molar refractivity (Wildman–Crippen MR) is 56.2 cm³/mol. The molecule has 0 aliphatic carbocycles. The summed E-state index contributed by atoms with van der Waals surface area (Å²) < 4.78 is 4.99. The van der Waals surface area contributed by atoms with Crippen LogP contribution in [0.5, 0.6) is 5.75 Å². The van der Waals surface area contributed by atoms with Crippen LogP contribution in [0.2, 0.25) is 0 Å². The van der Waals surface area contributed by atoms with E-state index in [1.165, 1.54) is 7.11 Å². The molecule has 4 nitrogen and oxygen atoms in total.